The molecule has 0 unspecified atom stereocenters. The Morgan fingerprint density at radius 2 is 1.74 bits per heavy atom. The minimum atomic E-state index is -3.98. The highest BCUT2D eigenvalue weighted by Crippen LogP contribution is 2.21. The lowest BCUT2D eigenvalue weighted by molar-refractivity contribution is -0.902. The second-order valence-electron chi connectivity index (χ2n) is 6.90. The van der Waals surface area contributed by atoms with Crippen molar-refractivity contribution in [2.45, 2.75) is 27.2 Å². The van der Waals surface area contributed by atoms with Crippen LogP contribution in [0.4, 0.5) is 0 Å². The molecule has 1 saturated heterocycles. The predicted octanol–water partition coefficient (Wildman–Crippen LogP) is 0.557. The molecular formula is C12H25N2O4S+. The van der Waals surface area contributed by atoms with Gasteiger partial charge >= 0.3 is 10.1 Å². The Hall–Kier alpha value is -0.660. The van der Waals surface area contributed by atoms with Gasteiger partial charge in [-0.1, -0.05) is 20.8 Å². The molecule has 1 aliphatic rings. The molecule has 1 fully saturated rings. The van der Waals surface area contributed by atoms with Crippen molar-refractivity contribution in [3.63, 3.8) is 0 Å². The topological polar surface area (TPSA) is 74.7 Å². The Labute approximate surface area is 115 Å². The van der Waals surface area contributed by atoms with Gasteiger partial charge in [0.2, 0.25) is 11.8 Å². The van der Waals surface area contributed by atoms with Crippen LogP contribution in [0.2, 0.25) is 0 Å². The van der Waals surface area contributed by atoms with Gasteiger partial charge in [0.05, 0.1) is 33.2 Å². The van der Waals surface area contributed by atoms with Crippen molar-refractivity contribution in [1.29, 1.82) is 0 Å². The van der Waals surface area contributed by atoms with Gasteiger partial charge in [-0.25, -0.2) is 0 Å². The van der Waals surface area contributed by atoms with Crippen molar-refractivity contribution >= 4 is 16.0 Å². The van der Waals surface area contributed by atoms with Crippen molar-refractivity contribution in [1.82, 2.24) is 4.90 Å². The average molecular weight is 293 g/mol. The molecule has 0 aromatic rings. The lowest BCUT2D eigenvalue weighted by Gasteiger charge is -2.41. The van der Waals surface area contributed by atoms with E-state index in [4.69, 9.17) is 4.55 Å². The summed E-state index contributed by atoms with van der Waals surface area (Å²) in [7, 11) is -2.19. The van der Waals surface area contributed by atoms with Crippen molar-refractivity contribution in [3.05, 3.63) is 0 Å². The first-order valence-corrected chi connectivity index (χ1v) is 8.08. The summed E-state index contributed by atoms with van der Waals surface area (Å²) in [6.07, 6.45) is 0.495. The summed E-state index contributed by atoms with van der Waals surface area (Å²) in [5, 5.41) is 0. The van der Waals surface area contributed by atoms with Gasteiger partial charge in [-0.2, -0.15) is 8.42 Å². The van der Waals surface area contributed by atoms with Crippen LogP contribution in [0.25, 0.3) is 0 Å². The van der Waals surface area contributed by atoms with E-state index in [-0.39, 0.29) is 21.7 Å². The van der Waals surface area contributed by atoms with E-state index >= 15 is 0 Å². The minimum absolute atomic E-state index is 0.0405. The largest absolute Gasteiger partial charge is 0.331 e. The molecular weight excluding hydrogens is 268 g/mol. The normalized spacial score (nSPS) is 20.4. The fraction of sp³-hybridized carbons (Fsp3) is 0.917. The molecule has 0 bridgehead atoms. The summed E-state index contributed by atoms with van der Waals surface area (Å²) in [4.78, 5) is 13.8. The molecule has 0 atom stereocenters. The van der Waals surface area contributed by atoms with Crippen molar-refractivity contribution in [3.8, 4) is 0 Å². The van der Waals surface area contributed by atoms with Crippen LogP contribution >= 0.6 is 0 Å². The van der Waals surface area contributed by atoms with Crippen molar-refractivity contribution in [2.75, 3.05) is 39.1 Å². The smallest absolute Gasteiger partial charge is 0.316 e. The third kappa shape index (κ3) is 5.88. The molecule has 6 nitrogen and oxygen atoms in total. The summed E-state index contributed by atoms with van der Waals surface area (Å²) >= 11 is 0. The number of piperazine rings is 1. The number of nitrogens with zero attached hydrogens (tertiary/aromatic N) is 2. The lowest BCUT2D eigenvalue weighted by atomic mass is 9.91. The average Bonchev–Trinajstić information content (AvgIpc) is 2.11. The maximum Gasteiger partial charge on any atom is 0.316 e. The zero-order valence-corrected chi connectivity index (χ0v) is 13.0. The summed E-state index contributed by atoms with van der Waals surface area (Å²) in [6.45, 7) is 8.25. The van der Waals surface area contributed by atoms with Crippen molar-refractivity contribution < 1.29 is 22.2 Å². The van der Waals surface area contributed by atoms with Crippen LogP contribution < -0.4 is 0 Å². The van der Waals surface area contributed by atoms with Gasteiger partial charge in [-0.3, -0.25) is 9.35 Å². The minimum Gasteiger partial charge on any atom is -0.331 e. The Balaban J connectivity index is 2.55. The van der Waals surface area contributed by atoms with Gasteiger partial charge in [0.1, 0.15) is 0 Å². The predicted molar refractivity (Wildman–Crippen MR) is 73.0 cm³/mol. The molecule has 7 heteroatoms. The van der Waals surface area contributed by atoms with Crippen LogP contribution in [0.5, 0.6) is 0 Å². The van der Waals surface area contributed by atoms with E-state index in [1.807, 2.05) is 20.8 Å². The highest BCUT2D eigenvalue weighted by Gasteiger charge is 2.34. The number of carbonyl (C=O) groups excluding carboxylic acids is 1. The van der Waals surface area contributed by atoms with E-state index < -0.39 is 10.1 Å². The van der Waals surface area contributed by atoms with E-state index in [9.17, 15) is 13.2 Å². The number of hydrogen-bond donors (Lipinski definition) is 1. The summed E-state index contributed by atoms with van der Waals surface area (Å²) in [6, 6.07) is 0. The summed E-state index contributed by atoms with van der Waals surface area (Å²) < 4.78 is 31.1. The fourth-order valence-corrected chi connectivity index (χ4v) is 3.33. The van der Waals surface area contributed by atoms with Gasteiger partial charge in [-0.05, 0) is 5.41 Å². The van der Waals surface area contributed by atoms with Gasteiger partial charge in [0.15, 0.2) is 0 Å². The van der Waals surface area contributed by atoms with Gasteiger partial charge < -0.3 is 9.38 Å². The van der Waals surface area contributed by atoms with Crippen LogP contribution in [0, 0.1) is 5.41 Å². The molecule has 0 radical (unpaired) electrons. The van der Waals surface area contributed by atoms with Gasteiger partial charge in [0.25, 0.3) is 0 Å². The molecule has 1 N–H and O–H groups in total. The molecule has 1 heterocycles. The zero-order chi connectivity index (χ0) is 14.9. The van der Waals surface area contributed by atoms with Crippen LogP contribution in [0.3, 0.4) is 0 Å². The SMILES string of the molecule is CC(C)(C)CC(=O)N1CC[N+](C)(CS(=O)(=O)O)CC1. The molecule has 1 aliphatic heterocycles. The monoisotopic (exact) mass is 293 g/mol. The third-order valence-electron chi connectivity index (χ3n) is 3.33. The molecule has 19 heavy (non-hydrogen) atoms. The first-order chi connectivity index (χ1) is 8.40. The molecule has 0 aromatic heterocycles. The van der Waals surface area contributed by atoms with E-state index in [2.05, 4.69) is 0 Å². The van der Waals surface area contributed by atoms with Gasteiger partial charge in [-0.15, -0.1) is 0 Å². The van der Waals surface area contributed by atoms with Crippen LogP contribution in [-0.2, 0) is 14.9 Å². The second-order valence-corrected chi connectivity index (χ2v) is 8.32. The Bertz CT molecular complexity index is 431. The number of carbonyl (C=O) groups is 1. The number of likely N-dealkylation sites (N-methyl/N-ethyl adjacent to an activating group) is 1. The maximum atomic E-state index is 12.1. The van der Waals surface area contributed by atoms with Crippen LogP contribution in [-0.4, -0.2) is 67.4 Å². The van der Waals surface area contributed by atoms with E-state index in [0.717, 1.165) is 0 Å². The first-order valence-electron chi connectivity index (χ1n) is 6.47. The standard InChI is InChI=1S/C12H24N2O4S/c1-12(2,3)9-11(15)13-5-7-14(4,8-6-13)10-19(16,17)18/h5-10H2,1-4H3/p+1. The number of amides is 1. The fourth-order valence-electron chi connectivity index (χ4n) is 2.29. The molecule has 0 aromatic carbocycles. The van der Waals surface area contributed by atoms with Crippen LogP contribution in [0.1, 0.15) is 27.2 Å². The van der Waals surface area contributed by atoms with E-state index in [1.54, 1.807) is 11.9 Å². The number of quaternary nitrogens is 1. The Kier molecular flexibility index (Phi) is 4.64. The molecule has 0 spiro atoms. The zero-order valence-electron chi connectivity index (χ0n) is 12.2. The molecule has 0 saturated carbocycles. The Morgan fingerprint density at radius 1 is 1.26 bits per heavy atom. The highest BCUT2D eigenvalue weighted by atomic mass is 32.2. The maximum absolute atomic E-state index is 12.1. The lowest BCUT2D eigenvalue weighted by Crippen LogP contribution is -2.60. The summed E-state index contributed by atoms with van der Waals surface area (Å²) in [5.41, 5.74) is -0.0405. The van der Waals surface area contributed by atoms with Gasteiger partial charge in [0, 0.05) is 6.42 Å². The van der Waals surface area contributed by atoms with E-state index in [0.29, 0.717) is 32.6 Å². The summed E-state index contributed by atoms with van der Waals surface area (Å²) in [5.74, 6) is -0.167. The Morgan fingerprint density at radius 3 is 2.11 bits per heavy atom. The van der Waals surface area contributed by atoms with Crippen molar-refractivity contribution in [2.24, 2.45) is 5.41 Å². The van der Waals surface area contributed by atoms with E-state index in [1.165, 1.54) is 0 Å². The third-order valence-corrected chi connectivity index (χ3v) is 4.28. The highest BCUT2D eigenvalue weighted by molar-refractivity contribution is 7.85. The molecule has 1 rings (SSSR count). The number of hydrogen-bond acceptors (Lipinski definition) is 3. The second kappa shape index (κ2) is 5.38. The van der Waals surface area contributed by atoms with Crippen LogP contribution in [0.15, 0.2) is 0 Å². The quantitative estimate of drug-likeness (QED) is 0.609. The number of rotatable bonds is 3. The molecule has 112 valence electrons. The molecule has 0 aliphatic carbocycles. The molecule has 1 amide bonds. The first kappa shape index (κ1) is 16.4.